The van der Waals surface area contributed by atoms with E-state index in [1.165, 1.54) is 4.80 Å². The maximum atomic E-state index is 12.2. The number of piperidine rings is 1. The summed E-state index contributed by atoms with van der Waals surface area (Å²) in [4.78, 5) is 27.4. The van der Waals surface area contributed by atoms with Crippen molar-refractivity contribution in [2.75, 3.05) is 19.7 Å². The van der Waals surface area contributed by atoms with Crippen LogP contribution in [0.25, 0.3) is 5.69 Å². The highest BCUT2D eigenvalue weighted by molar-refractivity contribution is 5.90. The van der Waals surface area contributed by atoms with E-state index in [0.717, 1.165) is 38.0 Å². The minimum atomic E-state index is -0.625. The second-order valence-corrected chi connectivity index (χ2v) is 5.78. The zero-order valence-electron chi connectivity index (χ0n) is 13.6. The SMILES string of the molecule is Cc1nn(-c2ccccc2)nc1C(=O)OCC(=O)N1CCCCC1. The summed E-state index contributed by atoms with van der Waals surface area (Å²) >= 11 is 0. The van der Waals surface area contributed by atoms with Crippen LogP contribution < -0.4 is 0 Å². The van der Waals surface area contributed by atoms with Gasteiger partial charge >= 0.3 is 5.97 Å². The summed E-state index contributed by atoms with van der Waals surface area (Å²) in [5.74, 6) is -0.781. The maximum Gasteiger partial charge on any atom is 0.361 e. The van der Waals surface area contributed by atoms with Crippen LogP contribution in [0, 0.1) is 6.92 Å². The lowest BCUT2D eigenvalue weighted by Gasteiger charge is -2.26. The average Bonchev–Trinajstić information content (AvgIpc) is 3.03. The summed E-state index contributed by atoms with van der Waals surface area (Å²) < 4.78 is 5.13. The Kier molecular flexibility index (Phi) is 4.88. The van der Waals surface area contributed by atoms with Crippen LogP contribution in [0.3, 0.4) is 0 Å². The standard InChI is InChI=1S/C17H20N4O3/c1-13-16(19-21(18-13)14-8-4-2-5-9-14)17(23)24-12-15(22)20-10-6-3-7-11-20/h2,4-5,8-9H,3,6-7,10-12H2,1H3. The van der Waals surface area contributed by atoms with Crippen molar-refractivity contribution in [1.29, 1.82) is 0 Å². The third-order valence-corrected chi connectivity index (χ3v) is 4.00. The van der Waals surface area contributed by atoms with Gasteiger partial charge in [0.25, 0.3) is 5.91 Å². The van der Waals surface area contributed by atoms with Crippen molar-refractivity contribution in [3.8, 4) is 5.69 Å². The summed E-state index contributed by atoms with van der Waals surface area (Å²) in [5, 5.41) is 8.40. The highest BCUT2D eigenvalue weighted by Gasteiger charge is 2.21. The van der Waals surface area contributed by atoms with E-state index in [2.05, 4.69) is 10.2 Å². The Morgan fingerprint density at radius 3 is 2.50 bits per heavy atom. The number of benzene rings is 1. The molecule has 1 aromatic heterocycles. The number of rotatable bonds is 4. The molecule has 24 heavy (non-hydrogen) atoms. The number of likely N-dealkylation sites (tertiary alicyclic amines) is 1. The van der Waals surface area contributed by atoms with Gasteiger partial charge in [0.2, 0.25) is 0 Å². The van der Waals surface area contributed by atoms with Gasteiger partial charge in [0, 0.05) is 13.1 Å². The van der Waals surface area contributed by atoms with Gasteiger partial charge < -0.3 is 9.64 Å². The number of aromatic nitrogens is 3. The molecule has 2 aromatic rings. The number of esters is 1. The summed E-state index contributed by atoms with van der Waals surface area (Å²) in [6.07, 6.45) is 3.15. The smallest absolute Gasteiger partial charge is 0.361 e. The van der Waals surface area contributed by atoms with Gasteiger partial charge in [0.15, 0.2) is 12.3 Å². The Balaban J connectivity index is 1.63. The molecular formula is C17H20N4O3. The fourth-order valence-corrected chi connectivity index (χ4v) is 2.67. The van der Waals surface area contributed by atoms with Crippen molar-refractivity contribution < 1.29 is 14.3 Å². The minimum absolute atomic E-state index is 0.130. The molecule has 0 saturated carbocycles. The first-order valence-corrected chi connectivity index (χ1v) is 8.09. The van der Waals surface area contributed by atoms with Crippen molar-refractivity contribution in [3.05, 3.63) is 41.7 Å². The van der Waals surface area contributed by atoms with Gasteiger partial charge in [0.1, 0.15) is 0 Å². The maximum absolute atomic E-state index is 12.2. The number of para-hydroxylation sites is 1. The molecule has 0 aliphatic carbocycles. The predicted octanol–water partition coefficient (Wildman–Crippen LogP) is 1.75. The Labute approximate surface area is 140 Å². The normalized spacial score (nSPS) is 14.5. The number of amides is 1. The number of hydrogen-bond donors (Lipinski definition) is 0. The first-order valence-electron chi connectivity index (χ1n) is 8.09. The molecule has 126 valence electrons. The number of hydrogen-bond acceptors (Lipinski definition) is 5. The fraction of sp³-hybridized carbons (Fsp3) is 0.412. The Hall–Kier alpha value is -2.70. The molecule has 1 aromatic carbocycles. The molecule has 0 bridgehead atoms. The zero-order chi connectivity index (χ0) is 16.9. The van der Waals surface area contributed by atoms with Gasteiger partial charge in [-0.2, -0.15) is 9.90 Å². The summed E-state index contributed by atoms with van der Waals surface area (Å²) in [6, 6.07) is 9.30. The molecule has 1 fully saturated rings. The van der Waals surface area contributed by atoms with E-state index in [1.54, 1.807) is 11.8 Å². The fourth-order valence-electron chi connectivity index (χ4n) is 2.67. The second-order valence-electron chi connectivity index (χ2n) is 5.78. The van der Waals surface area contributed by atoms with E-state index >= 15 is 0 Å². The van der Waals surface area contributed by atoms with Crippen molar-refractivity contribution in [1.82, 2.24) is 19.9 Å². The van der Waals surface area contributed by atoms with Crippen molar-refractivity contribution in [2.24, 2.45) is 0 Å². The quantitative estimate of drug-likeness (QED) is 0.799. The van der Waals surface area contributed by atoms with E-state index in [4.69, 9.17) is 4.74 Å². The van der Waals surface area contributed by atoms with Crippen molar-refractivity contribution in [3.63, 3.8) is 0 Å². The molecular weight excluding hydrogens is 308 g/mol. The van der Waals surface area contributed by atoms with Gasteiger partial charge in [-0.05, 0) is 38.3 Å². The molecule has 1 aliphatic heterocycles. The summed E-state index contributed by atoms with van der Waals surface area (Å²) in [5.41, 5.74) is 1.35. The molecule has 1 aliphatic rings. The van der Waals surface area contributed by atoms with Crippen molar-refractivity contribution >= 4 is 11.9 Å². The van der Waals surface area contributed by atoms with Crippen molar-refractivity contribution in [2.45, 2.75) is 26.2 Å². The van der Waals surface area contributed by atoms with Gasteiger partial charge in [-0.25, -0.2) is 4.79 Å². The van der Waals surface area contributed by atoms with E-state index in [0.29, 0.717) is 5.69 Å². The Bertz CT molecular complexity index is 721. The topological polar surface area (TPSA) is 77.3 Å². The molecule has 0 N–H and O–H groups in total. The number of carbonyl (C=O) groups excluding carboxylic acids is 2. The number of carbonyl (C=O) groups is 2. The molecule has 7 nitrogen and oxygen atoms in total. The average molecular weight is 328 g/mol. The van der Waals surface area contributed by atoms with Crippen LogP contribution in [0.1, 0.15) is 35.4 Å². The van der Waals surface area contributed by atoms with E-state index in [1.807, 2.05) is 30.3 Å². The number of aryl methyl sites for hydroxylation is 1. The third-order valence-electron chi connectivity index (χ3n) is 4.00. The van der Waals surface area contributed by atoms with Crippen LogP contribution in [-0.4, -0.2) is 51.5 Å². The van der Waals surface area contributed by atoms with Gasteiger partial charge in [0.05, 0.1) is 11.4 Å². The molecule has 2 heterocycles. The number of ether oxygens (including phenoxy) is 1. The number of nitrogens with zero attached hydrogens (tertiary/aromatic N) is 4. The van der Waals surface area contributed by atoms with Gasteiger partial charge in [-0.1, -0.05) is 18.2 Å². The van der Waals surface area contributed by atoms with Crippen LogP contribution in [-0.2, 0) is 9.53 Å². The molecule has 3 rings (SSSR count). The van der Waals surface area contributed by atoms with Crippen LogP contribution >= 0.6 is 0 Å². The monoisotopic (exact) mass is 328 g/mol. The predicted molar refractivity (Wildman–Crippen MR) is 86.8 cm³/mol. The Morgan fingerprint density at radius 2 is 1.79 bits per heavy atom. The summed E-state index contributed by atoms with van der Waals surface area (Å²) in [7, 11) is 0. The third kappa shape index (κ3) is 3.61. The van der Waals surface area contributed by atoms with Crippen LogP contribution in [0.5, 0.6) is 0 Å². The lowest BCUT2D eigenvalue weighted by molar-refractivity contribution is -0.135. The molecule has 0 unspecified atom stereocenters. The highest BCUT2D eigenvalue weighted by atomic mass is 16.5. The Morgan fingerprint density at radius 1 is 1.08 bits per heavy atom. The zero-order valence-corrected chi connectivity index (χ0v) is 13.6. The lowest BCUT2D eigenvalue weighted by Crippen LogP contribution is -2.38. The van der Waals surface area contributed by atoms with Crippen LogP contribution in [0.2, 0.25) is 0 Å². The molecule has 1 amide bonds. The molecule has 0 radical (unpaired) electrons. The van der Waals surface area contributed by atoms with Crippen LogP contribution in [0.4, 0.5) is 0 Å². The van der Waals surface area contributed by atoms with Crippen LogP contribution in [0.15, 0.2) is 30.3 Å². The first kappa shape index (κ1) is 16.2. The molecule has 7 heteroatoms. The summed E-state index contributed by atoms with van der Waals surface area (Å²) in [6.45, 7) is 2.91. The van der Waals surface area contributed by atoms with E-state index < -0.39 is 5.97 Å². The molecule has 1 saturated heterocycles. The second kappa shape index (κ2) is 7.25. The first-order chi connectivity index (χ1) is 11.6. The van der Waals surface area contributed by atoms with Gasteiger partial charge in [-0.3, -0.25) is 4.79 Å². The largest absolute Gasteiger partial charge is 0.451 e. The van der Waals surface area contributed by atoms with Gasteiger partial charge in [-0.15, -0.1) is 5.10 Å². The lowest BCUT2D eigenvalue weighted by atomic mass is 10.1. The molecule has 0 spiro atoms. The molecule has 0 atom stereocenters. The van der Waals surface area contributed by atoms with E-state index in [9.17, 15) is 9.59 Å². The van der Waals surface area contributed by atoms with E-state index in [-0.39, 0.29) is 18.2 Å². The highest BCUT2D eigenvalue weighted by Crippen LogP contribution is 2.11. The minimum Gasteiger partial charge on any atom is -0.451 e.